The number of hydrogen-bond donors (Lipinski definition) is 3. The van der Waals surface area contributed by atoms with E-state index in [2.05, 4.69) is 16.0 Å². The van der Waals surface area contributed by atoms with Gasteiger partial charge in [0.05, 0.1) is 24.1 Å². The Hall–Kier alpha value is -3.66. The molecule has 4 amide bonds. The Bertz CT molecular complexity index is 1140. The first kappa shape index (κ1) is 26.4. The number of carbonyl (C=O) groups excluding carboxylic acids is 3. The minimum atomic E-state index is -0.389. The zero-order chi connectivity index (χ0) is 26.5. The van der Waals surface area contributed by atoms with E-state index in [0.29, 0.717) is 36.4 Å². The van der Waals surface area contributed by atoms with Gasteiger partial charge in [0.1, 0.15) is 24.3 Å². The van der Waals surface area contributed by atoms with Gasteiger partial charge in [-0.15, -0.1) is 0 Å². The number of amides is 4. The number of fused-ring (bicyclic) bond motifs is 2. The van der Waals surface area contributed by atoms with Crippen LogP contribution in [-0.2, 0) is 16.1 Å². The Labute approximate surface area is 215 Å². The van der Waals surface area contributed by atoms with E-state index >= 15 is 0 Å². The zero-order valence-electron chi connectivity index (χ0n) is 21.3. The third-order valence-electron chi connectivity index (χ3n) is 6.51. The van der Waals surface area contributed by atoms with E-state index < -0.39 is 0 Å². The third-order valence-corrected chi connectivity index (χ3v) is 6.51. The quantitative estimate of drug-likeness (QED) is 0.550. The molecule has 0 unspecified atom stereocenters. The maximum Gasteiger partial charge on any atom is 0.319 e. The Kier molecular flexibility index (Phi) is 8.27. The maximum atomic E-state index is 13.3. The van der Waals surface area contributed by atoms with E-state index in [1.807, 2.05) is 13.8 Å². The largest absolute Gasteiger partial charge is 0.490 e. The summed E-state index contributed by atoms with van der Waals surface area (Å²) in [6.07, 6.45) is 0.779. The molecule has 2 aliphatic rings. The van der Waals surface area contributed by atoms with Crippen molar-refractivity contribution in [2.45, 2.75) is 63.9 Å². The molecule has 2 aromatic carbocycles. The van der Waals surface area contributed by atoms with Crippen LogP contribution in [0.4, 0.5) is 14.9 Å². The first-order valence-electron chi connectivity index (χ1n) is 12.5. The number of nitrogens with zero attached hydrogens (tertiary/aromatic N) is 1. The van der Waals surface area contributed by atoms with Crippen molar-refractivity contribution in [1.29, 1.82) is 0 Å². The Balaban J connectivity index is 1.37. The normalized spacial score (nSPS) is 21.2. The summed E-state index contributed by atoms with van der Waals surface area (Å²) >= 11 is 0. The van der Waals surface area contributed by atoms with E-state index in [4.69, 9.17) is 9.47 Å². The van der Waals surface area contributed by atoms with E-state index in [1.54, 1.807) is 42.3 Å². The van der Waals surface area contributed by atoms with Gasteiger partial charge >= 0.3 is 6.03 Å². The predicted molar refractivity (Wildman–Crippen MR) is 136 cm³/mol. The summed E-state index contributed by atoms with van der Waals surface area (Å²) in [6, 6.07) is 10.4. The molecule has 1 fully saturated rings. The van der Waals surface area contributed by atoms with Crippen molar-refractivity contribution < 1.29 is 28.2 Å². The van der Waals surface area contributed by atoms with Gasteiger partial charge in [0, 0.05) is 25.3 Å². The number of nitrogens with one attached hydrogen (secondary N) is 3. The summed E-state index contributed by atoms with van der Waals surface area (Å²) in [6.45, 7) is 4.26. The van der Waals surface area contributed by atoms with Crippen LogP contribution in [0.5, 0.6) is 5.75 Å². The molecule has 1 saturated heterocycles. The highest BCUT2D eigenvalue weighted by atomic mass is 19.1. The summed E-state index contributed by atoms with van der Waals surface area (Å²) in [5, 5.41) is 8.34. The van der Waals surface area contributed by atoms with Gasteiger partial charge in [-0.3, -0.25) is 9.59 Å². The first-order chi connectivity index (χ1) is 17.7. The molecule has 4 rings (SSSR count). The topological polar surface area (TPSA) is 109 Å². The maximum absolute atomic E-state index is 13.3. The number of carbonyl (C=O) groups is 3. The van der Waals surface area contributed by atoms with E-state index in [-0.39, 0.29) is 61.0 Å². The van der Waals surface area contributed by atoms with Gasteiger partial charge in [-0.2, -0.15) is 0 Å². The van der Waals surface area contributed by atoms with Crippen LogP contribution in [0.2, 0.25) is 0 Å². The van der Waals surface area contributed by atoms with Crippen LogP contribution in [0.25, 0.3) is 0 Å². The second-order valence-electron chi connectivity index (χ2n) is 9.74. The fourth-order valence-electron chi connectivity index (χ4n) is 4.62. The summed E-state index contributed by atoms with van der Waals surface area (Å²) in [4.78, 5) is 39.6. The fourth-order valence-corrected chi connectivity index (χ4v) is 4.62. The average Bonchev–Trinajstić information content (AvgIpc) is 2.85. The number of likely N-dealkylation sites (N-methyl/N-ethyl adjacent to an activating group) is 1. The standard InChI is InChI=1S/C27H33FN4O5/c1-16(2)30-27(35)31-19-8-11-23-21(12-19)26(34)32(3)22-10-9-20(37-24(22)15-36-23)13-25(33)29-14-17-4-6-18(28)7-5-17/h4-8,11-12,16,20,22,24H,9-10,13-15H2,1-3H3,(H,29,33)(H2,30,31,35)/t20-,22+,24-/m0/s1. The molecule has 37 heavy (non-hydrogen) atoms. The Morgan fingerprint density at radius 3 is 2.62 bits per heavy atom. The van der Waals surface area contributed by atoms with Crippen molar-refractivity contribution in [3.63, 3.8) is 0 Å². The van der Waals surface area contributed by atoms with E-state index in [0.717, 1.165) is 5.56 Å². The molecular formula is C27H33FN4O5. The van der Waals surface area contributed by atoms with Gasteiger partial charge in [0.25, 0.3) is 5.91 Å². The summed E-state index contributed by atoms with van der Waals surface area (Å²) < 4.78 is 25.3. The number of benzene rings is 2. The van der Waals surface area contributed by atoms with Crippen LogP contribution < -0.4 is 20.7 Å². The van der Waals surface area contributed by atoms with Crippen molar-refractivity contribution in [3.8, 4) is 5.75 Å². The van der Waals surface area contributed by atoms with Gasteiger partial charge in [-0.1, -0.05) is 12.1 Å². The third kappa shape index (κ3) is 6.76. The highest BCUT2D eigenvalue weighted by Crippen LogP contribution is 2.32. The highest BCUT2D eigenvalue weighted by Gasteiger charge is 2.39. The smallest absolute Gasteiger partial charge is 0.319 e. The molecule has 198 valence electrons. The molecule has 3 atom stereocenters. The molecule has 0 saturated carbocycles. The van der Waals surface area contributed by atoms with E-state index in [1.165, 1.54) is 12.1 Å². The van der Waals surface area contributed by atoms with Crippen LogP contribution in [0, 0.1) is 5.82 Å². The SMILES string of the molecule is CC(C)NC(=O)Nc1ccc2c(c1)C(=O)N(C)[C@@H]1CC[C@@H](CC(=O)NCc3ccc(F)cc3)O[C@H]1CO2. The molecule has 9 nitrogen and oxygen atoms in total. The lowest BCUT2D eigenvalue weighted by Gasteiger charge is -2.42. The molecule has 0 bridgehead atoms. The lowest BCUT2D eigenvalue weighted by Crippen LogP contribution is -2.53. The van der Waals surface area contributed by atoms with Crippen molar-refractivity contribution in [1.82, 2.24) is 15.5 Å². The van der Waals surface area contributed by atoms with Crippen molar-refractivity contribution in [2.24, 2.45) is 0 Å². The van der Waals surface area contributed by atoms with Gasteiger partial charge in [-0.25, -0.2) is 9.18 Å². The molecule has 3 N–H and O–H groups in total. The predicted octanol–water partition coefficient (Wildman–Crippen LogP) is 3.44. The Morgan fingerprint density at radius 2 is 1.89 bits per heavy atom. The minimum absolute atomic E-state index is 0.0200. The lowest BCUT2D eigenvalue weighted by molar-refractivity contribution is -0.134. The minimum Gasteiger partial charge on any atom is -0.490 e. The molecular weight excluding hydrogens is 479 g/mol. The molecule has 2 aromatic rings. The van der Waals surface area contributed by atoms with Crippen molar-refractivity contribution in [2.75, 3.05) is 19.0 Å². The zero-order valence-corrected chi connectivity index (χ0v) is 21.3. The number of rotatable bonds is 6. The van der Waals surface area contributed by atoms with Crippen LogP contribution >= 0.6 is 0 Å². The second kappa shape index (κ2) is 11.6. The van der Waals surface area contributed by atoms with Gasteiger partial charge in [0.2, 0.25) is 5.91 Å². The molecule has 0 radical (unpaired) electrons. The van der Waals surface area contributed by atoms with Gasteiger partial charge in [-0.05, 0) is 62.6 Å². The summed E-state index contributed by atoms with van der Waals surface area (Å²) in [5.74, 6) is -0.292. The number of urea groups is 1. The number of anilines is 1. The van der Waals surface area contributed by atoms with Crippen molar-refractivity contribution in [3.05, 3.63) is 59.4 Å². The number of hydrogen-bond acceptors (Lipinski definition) is 5. The van der Waals surface area contributed by atoms with Crippen LogP contribution in [0.15, 0.2) is 42.5 Å². The fraction of sp³-hybridized carbons (Fsp3) is 0.444. The molecule has 0 aliphatic carbocycles. The average molecular weight is 513 g/mol. The van der Waals surface area contributed by atoms with Gasteiger partial charge < -0.3 is 30.3 Å². The highest BCUT2D eigenvalue weighted by molar-refractivity contribution is 5.99. The molecule has 2 heterocycles. The second-order valence-corrected chi connectivity index (χ2v) is 9.74. The van der Waals surface area contributed by atoms with Crippen molar-refractivity contribution >= 4 is 23.5 Å². The van der Waals surface area contributed by atoms with Crippen LogP contribution in [-0.4, -0.2) is 60.7 Å². The number of ether oxygens (including phenoxy) is 2. The van der Waals surface area contributed by atoms with Gasteiger partial charge in [0.15, 0.2) is 0 Å². The van der Waals surface area contributed by atoms with E-state index in [9.17, 15) is 18.8 Å². The number of halogens is 1. The van der Waals surface area contributed by atoms with Crippen LogP contribution in [0.1, 0.15) is 49.0 Å². The molecule has 0 aromatic heterocycles. The molecule has 2 aliphatic heterocycles. The summed E-state index contributed by atoms with van der Waals surface area (Å²) in [7, 11) is 1.74. The van der Waals surface area contributed by atoms with Crippen LogP contribution in [0.3, 0.4) is 0 Å². The lowest BCUT2D eigenvalue weighted by atomic mass is 9.94. The summed E-state index contributed by atoms with van der Waals surface area (Å²) in [5.41, 5.74) is 1.67. The molecule has 0 spiro atoms. The monoisotopic (exact) mass is 512 g/mol. The first-order valence-corrected chi connectivity index (χ1v) is 12.5. The Morgan fingerprint density at radius 1 is 1.14 bits per heavy atom. The molecule has 10 heteroatoms.